The third-order valence-electron chi connectivity index (χ3n) is 4.91. The number of nitrogens with one attached hydrogen (secondary N) is 1. The number of hydrogen-bond donors (Lipinski definition) is 2. The van der Waals surface area contributed by atoms with Crippen molar-refractivity contribution in [3.8, 4) is 0 Å². The molecule has 1 aromatic rings. The molecule has 1 amide bonds. The second-order valence-corrected chi connectivity index (χ2v) is 7.19. The van der Waals surface area contributed by atoms with Crippen LogP contribution in [0.25, 0.3) is 0 Å². The van der Waals surface area contributed by atoms with Crippen molar-refractivity contribution in [2.75, 3.05) is 33.2 Å². The van der Waals surface area contributed by atoms with Crippen LogP contribution in [0.4, 0.5) is 8.78 Å². The van der Waals surface area contributed by atoms with Crippen LogP contribution >= 0.6 is 0 Å². The molecular weight excluding hydrogens is 356 g/mol. The van der Waals surface area contributed by atoms with Crippen molar-refractivity contribution < 1.29 is 23.5 Å². The van der Waals surface area contributed by atoms with Gasteiger partial charge in [0, 0.05) is 30.7 Å². The molecule has 6 nitrogen and oxygen atoms in total. The molecule has 0 spiro atoms. The van der Waals surface area contributed by atoms with E-state index in [1.54, 1.807) is 14.0 Å². The van der Waals surface area contributed by atoms with Crippen molar-refractivity contribution in [2.24, 2.45) is 0 Å². The molecule has 0 bridgehead atoms. The van der Waals surface area contributed by atoms with Gasteiger partial charge in [-0.2, -0.15) is 0 Å². The van der Waals surface area contributed by atoms with Crippen molar-refractivity contribution in [3.63, 3.8) is 0 Å². The quantitative estimate of drug-likeness (QED) is 0.712. The van der Waals surface area contributed by atoms with Crippen LogP contribution in [0.2, 0.25) is 0 Å². The Morgan fingerprint density at radius 3 is 2.44 bits per heavy atom. The molecule has 2 rings (SSSR count). The van der Waals surface area contributed by atoms with Gasteiger partial charge in [-0.15, -0.1) is 0 Å². The van der Waals surface area contributed by atoms with E-state index in [4.69, 9.17) is 5.11 Å². The van der Waals surface area contributed by atoms with E-state index < -0.39 is 17.6 Å². The Labute approximate surface area is 158 Å². The van der Waals surface area contributed by atoms with E-state index in [2.05, 4.69) is 5.32 Å². The number of likely N-dealkylation sites (tertiary alicyclic amines) is 1. The third-order valence-corrected chi connectivity index (χ3v) is 4.91. The van der Waals surface area contributed by atoms with Gasteiger partial charge in [0.15, 0.2) is 0 Å². The molecule has 1 saturated heterocycles. The zero-order valence-corrected chi connectivity index (χ0v) is 15.8. The summed E-state index contributed by atoms with van der Waals surface area (Å²) in [4.78, 5) is 26.8. The molecule has 1 fully saturated rings. The Balaban J connectivity index is 1.75. The second-order valence-electron chi connectivity index (χ2n) is 7.19. The van der Waals surface area contributed by atoms with Crippen molar-refractivity contribution in [3.05, 3.63) is 35.4 Å². The van der Waals surface area contributed by atoms with Gasteiger partial charge >= 0.3 is 5.97 Å². The van der Waals surface area contributed by atoms with Crippen molar-refractivity contribution in [2.45, 2.75) is 38.3 Å². The highest BCUT2D eigenvalue weighted by atomic mass is 19.1. The molecular formula is C19H27F2N3O3. The summed E-state index contributed by atoms with van der Waals surface area (Å²) in [6, 6.07) is 3.54. The lowest BCUT2D eigenvalue weighted by Crippen LogP contribution is -2.48. The van der Waals surface area contributed by atoms with Crippen molar-refractivity contribution in [1.82, 2.24) is 15.1 Å². The number of nitrogens with zero attached hydrogens (tertiary/aromatic N) is 2. The van der Waals surface area contributed by atoms with Crippen molar-refractivity contribution in [1.29, 1.82) is 0 Å². The van der Waals surface area contributed by atoms with Crippen LogP contribution in [0, 0.1) is 11.6 Å². The number of aliphatic carboxylic acids is 1. The Morgan fingerprint density at radius 2 is 1.89 bits per heavy atom. The van der Waals surface area contributed by atoms with Crippen LogP contribution in [0.1, 0.15) is 25.3 Å². The average molecular weight is 383 g/mol. The van der Waals surface area contributed by atoms with E-state index in [-0.39, 0.29) is 43.1 Å². The number of carbonyl (C=O) groups excluding carboxylic acids is 1. The van der Waals surface area contributed by atoms with E-state index in [0.29, 0.717) is 13.1 Å². The third kappa shape index (κ3) is 6.55. The van der Waals surface area contributed by atoms with Crippen molar-refractivity contribution >= 4 is 11.9 Å². The van der Waals surface area contributed by atoms with Gasteiger partial charge in [-0.05, 0) is 45.4 Å². The molecule has 2 N–H and O–H groups in total. The predicted octanol–water partition coefficient (Wildman–Crippen LogP) is 1.49. The highest BCUT2D eigenvalue weighted by molar-refractivity contribution is 5.78. The minimum atomic E-state index is -0.848. The minimum Gasteiger partial charge on any atom is -0.480 e. The number of halogens is 2. The number of rotatable bonds is 8. The normalized spacial score (nSPS) is 17.1. The Bertz CT molecular complexity index is 643. The number of carbonyl (C=O) groups is 2. The molecule has 1 unspecified atom stereocenters. The first-order valence-electron chi connectivity index (χ1n) is 9.13. The van der Waals surface area contributed by atoms with Gasteiger partial charge < -0.3 is 10.4 Å². The fourth-order valence-electron chi connectivity index (χ4n) is 3.47. The van der Waals surface area contributed by atoms with Crippen LogP contribution in [0.5, 0.6) is 0 Å². The molecule has 27 heavy (non-hydrogen) atoms. The first kappa shape index (κ1) is 21.2. The smallest absolute Gasteiger partial charge is 0.317 e. The molecule has 1 heterocycles. The van der Waals surface area contributed by atoms with Gasteiger partial charge in [0.2, 0.25) is 5.91 Å². The average Bonchev–Trinajstić information content (AvgIpc) is 2.58. The Hall–Kier alpha value is -2.06. The largest absolute Gasteiger partial charge is 0.480 e. The van der Waals surface area contributed by atoms with Gasteiger partial charge in [0.05, 0.1) is 13.1 Å². The summed E-state index contributed by atoms with van der Waals surface area (Å²) in [7, 11) is 1.80. The molecule has 1 aliphatic rings. The van der Waals surface area contributed by atoms with E-state index in [0.717, 1.165) is 12.8 Å². The Morgan fingerprint density at radius 1 is 1.30 bits per heavy atom. The summed E-state index contributed by atoms with van der Waals surface area (Å²) >= 11 is 0. The van der Waals surface area contributed by atoms with Crippen LogP contribution in [0.3, 0.4) is 0 Å². The highest BCUT2D eigenvalue weighted by Gasteiger charge is 2.25. The Kier molecular flexibility index (Phi) is 7.67. The maximum Gasteiger partial charge on any atom is 0.317 e. The number of carboxylic acid groups (broad SMARTS) is 1. The predicted molar refractivity (Wildman–Crippen MR) is 97.4 cm³/mol. The van der Waals surface area contributed by atoms with Gasteiger partial charge in [0.25, 0.3) is 0 Å². The molecule has 1 aliphatic heterocycles. The van der Waals surface area contributed by atoms with Gasteiger partial charge in [0.1, 0.15) is 11.6 Å². The second kappa shape index (κ2) is 9.75. The number of amides is 1. The fourth-order valence-corrected chi connectivity index (χ4v) is 3.47. The molecule has 0 aliphatic carbocycles. The number of carboxylic acids is 1. The number of benzene rings is 1. The molecule has 8 heteroatoms. The maximum absolute atomic E-state index is 13.7. The lowest BCUT2D eigenvalue weighted by molar-refractivity contribution is -0.138. The summed E-state index contributed by atoms with van der Waals surface area (Å²) in [5.74, 6) is -2.25. The monoisotopic (exact) mass is 383 g/mol. The number of piperidine rings is 1. The summed E-state index contributed by atoms with van der Waals surface area (Å²) in [6.07, 6.45) is 1.69. The SMILES string of the molecule is CC(Cc1c(F)cccc1F)NC(=O)CN1CCC(N(C)CC(=O)O)CC1. The summed E-state index contributed by atoms with van der Waals surface area (Å²) < 4.78 is 27.4. The lowest BCUT2D eigenvalue weighted by Gasteiger charge is -2.35. The van der Waals surface area contributed by atoms with Crippen LogP contribution in [-0.2, 0) is 16.0 Å². The number of likely N-dealkylation sites (N-methyl/N-ethyl adjacent to an activating group) is 1. The molecule has 150 valence electrons. The fraction of sp³-hybridized carbons (Fsp3) is 0.579. The van der Waals surface area contributed by atoms with Crippen LogP contribution in [0.15, 0.2) is 18.2 Å². The van der Waals surface area contributed by atoms with Gasteiger partial charge in [-0.25, -0.2) is 8.78 Å². The zero-order valence-electron chi connectivity index (χ0n) is 15.8. The van der Waals surface area contributed by atoms with E-state index in [1.165, 1.54) is 18.2 Å². The van der Waals surface area contributed by atoms with Crippen LogP contribution < -0.4 is 5.32 Å². The first-order valence-corrected chi connectivity index (χ1v) is 9.13. The van der Waals surface area contributed by atoms with E-state index in [1.807, 2.05) is 9.80 Å². The molecule has 0 radical (unpaired) electrons. The van der Waals surface area contributed by atoms with Crippen LogP contribution in [-0.4, -0.2) is 72.1 Å². The van der Waals surface area contributed by atoms with E-state index in [9.17, 15) is 18.4 Å². The van der Waals surface area contributed by atoms with E-state index >= 15 is 0 Å². The topological polar surface area (TPSA) is 72.9 Å². The van der Waals surface area contributed by atoms with Gasteiger partial charge in [-0.3, -0.25) is 19.4 Å². The molecule has 1 aromatic carbocycles. The number of hydrogen-bond acceptors (Lipinski definition) is 4. The van der Waals surface area contributed by atoms with Gasteiger partial charge in [-0.1, -0.05) is 6.07 Å². The molecule has 1 atom stereocenters. The first-order chi connectivity index (χ1) is 12.8. The molecule has 0 saturated carbocycles. The standard InChI is InChI=1S/C19H27F2N3O3/c1-13(10-15-16(20)4-3-5-17(15)21)22-18(25)11-24-8-6-14(7-9-24)23(2)12-19(26)27/h3-5,13-14H,6-12H2,1-2H3,(H,22,25)(H,26,27). The minimum absolute atomic E-state index is 0.00920. The molecule has 0 aromatic heterocycles. The summed E-state index contributed by atoms with van der Waals surface area (Å²) in [5.41, 5.74) is -0.0208. The summed E-state index contributed by atoms with van der Waals surface area (Å²) in [5, 5.41) is 11.6. The highest BCUT2D eigenvalue weighted by Crippen LogP contribution is 2.16. The maximum atomic E-state index is 13.7. The summed E-state index contributed by atoms with van der Waals surface area (Å²) in [6.45, 7) is 3.36. The lowest BCUT2D eigenvalue weighted by atomic mass is 10.0. The zero-order chi connectivity index (χ0) is 20.0.